The zero-order chi connectivity index (χ0) is 9.42. The van der Waals surface area contributed by atoms with E-state index in [-0.39, 0.29) is 5.95 Å². The molecule has 0 saturated heterocycles. The highest BCUT2D eigenvalue weighted by Crippen LogP contribution is 2.25. The Balaban J connectivity index is 2.19. The van der Waals surface area contributed by atoms with Crippen LogP contribution in [-0.4, -0.2) is 9.55 Å². The molecule has 0 N–H and O–H groups in total. The van der Waals surface area contributed by atoms with E-state index in [2.05, 4.69) is 18.8 Å². The highest BCUT2D eigenvalue weighted by Gasteiger charge is 2.22. The van der Waals surface area contributed by atoms with Crippen LogP contribution in [0.5, 0.6) is 0 Å². The lowest BCUT2D eigenvalue weighted by atomic mass is 9.87. The number of aryl methyl sites for hydroxylation is 1. The largest absolute Gasteiger partial charge is 0.332 e. The van der Waals surface area contributed by atoms with Crippen molar-refractivity contribution in [3.8, 4) is 0 Å². The minimum atomic E-state index is -0.334. The molecule has 1 aromatic heterocycles. The predicted molar refractivity (Wildman–Crippen MR) is 48.8 cm³/mol. The van der Waals surface area contributed by atoms with Gasteiger partial charge in [0.1, 0.15) is 5.82 Å². The van der Waals surface area contributed by atoms with E-state index < -0.39 is 0 Å². The molecule has 0 spiro atoms. The Kier molecular flexibility index (Phi) is 2.10. The molecule has 13 heavy (non-hydrogen) atoms. The highest BCUT2D eigenvalue weighted by molar-refractivity contribution is 4.99. The normalized spacial score (nSPS) is 22.0. The van der Waals surface area contributed by atoms with Gasteiger partial charge in [0.05, 0.1) is 6.20 Å². The molecule has 0 aromatic carbocycles. The topological polar surface area (TPSA) is 17.8 Å². The van der Waals surface area contributed by atoms with Crippen molar-refractivity contribution in [2.75, 3.05) is 0 Å². The fourth-order valence-corrected chi connectivity index (χ4v) is 1.99. The monoisotopic (exact) mass is 182 g/mol. The van der Waals surface area contributed by atoms with Gasteiger partial charge in [0.15, 0.2) is 0 Å². The first-order valence-electron chi connectivity index (χ1n) is 4.88. The molecular formula is C10H15FN2. The molecule has 72 valence electrons. The maximum Gasteiger partial charge on any atom is 0.230 e. The highest BCUT2D eigenvalue weighted by atomic mass is 19.1. The molecule has 2 rings (SSSR count). The summed E-state index contributed by atoms with van der Waals surface area (Å²) < 4.78 is 14.7. The van der Waals surface area contributed by atoms with Gasteiger partial charge in [-0.2, -0.15) is 4.39 Å². The zero-order valence-corrected chi connectivity index (χ0v) is 8.13. The van der Waals surface area contributed by atoms with Crippen molar-refractivity contribution in [2.45, 2.75) is 33.2 Å². The van der Waals surface area contributed by atoms with Gasteiger partial charge in [-0.1, -0.05) is 13.8 Å². The Hall–Kier alpha value is -0.860. The van der Waals surface area contributed by atoms with Crippen LogP contribution in [0.1, 0.15) is 26.1 Å². The van der Waals surface area contributed by atoms with Crippen molar-refractivity contribution in [3.63, 3.8) is 0 Å². The summed E-state index contributed by atoms with van der Waals surface area (Å²) in [7, 11) is 0. The lowest BCUT2D eigenvalue weighted by molar-refractivity contribution is 0.298. The van der Waals surface area contributed by atoms with E-state index in [0.717, 1.165) is 25.2 Å². The minimum Gasteiger partial charge on any atom is -0.332 e. The van der Waals surface area contributed by atoms with Crippen LogP contribution in [0.4, 0.5) is 4.39 Å². The van der Waals surface area contributed by atoms with Gasteiger partial charge in [-0.15, -0.1) is 0 Å². The van der Waals surface area contributed by atoms with Gasteiger partial charge >= 0.3 is 0 Å². The van der Waals surface area contributed by atoms with Crippen LogP contribution in [0.2, 0.25) is 0 Å². The lowest BCUT2D eigenvalue weighted by Gasteiger charge is -2.25. The van der Waals surface area contributed by atoms with E-state index >= 15 is 0 Å². The molecule has 3 heteroatoms. The number of halogens is 1. The predicted octanol–water partition coefficient (Wildman–Crippen LogP) is 2.24. The Bertz CT molecular complexity index is 304. The molecular weight excluding hydrogens is 167 g/mol. The summed E-state index contributed by atoms with van der Waals surface area (Å²) in [5.41, 5.74) is 0. The van der Waals surface area contributed by atoms with Crippen LogP contribution >= 0.6 is 0 Å². The first-order chi connectivity index (χ1) is 6.16. The van der Waals surface area contributed by atoms with Crippen molar-refractivity contribution in [1.29, 1.82) is 0 Å². The third-order valence-electron chi connectivity index (χ3n) is 2.96. The van der Waals surface area contributed by atoms with E-state index in [4.69, 9.17) is 0 Å². The minimum absolute atomic E-state index is 0.334. The molecule has 0 amide bonds. The van der Waals surface area contributed by atoms with Crippen LogP contribution < -0.4 is 0 Å². The van der Waals surface area contributed by atoms with Crippen LogP contribution in [-0.2, 0) is 13.0 Å². The number of aromatic nitrogens is 2. The van der Waals surface area contributed by atoms with Gasteiger partial charge in [-0.25, -0.2) is 4.98 Å². The van der Waals surface area contributed by atoms with E-state index in [1.807, 2.05) is 4.57 Å². The molecule has 0 saturated carbocycles. The summed E-state index contributed by atoms with van der Waals surface area (Å²) in [6.07, 6.45) is 3.59. The third-order valence-corrected chi connectivity index (χ3v) is 2.96. The van der Waals surface area contributed by atoms with Crippen molar-refractivity contribution in [1.82, 2.24) is 9.55 Å². The molecule has 0 aliphatic carbocycles. The molecule has 2 nitrogen and oxygen atoms in total. The zero-order valence-electron chi connectivity index (χ0n) is 8.13. The second kappa shape index (κ2) is 3.13. The van der Waals surface area contributed by atoms with Crippen LogP contribution in [0.3, 0.4) is 0 Å². The van der Waals surface area contributed by atoms with Gasteiger partial charge in [-0.05, 0) is 18.3 Å². The fraction of sp³-hybridized carbons (Fsp3) is 0.700. The molecule has 2 heterocycles. The number of imidazole rings is 1. The van der Waals surface area contributed by atoms with E-state index in [1.165, 1.54) is 6.20 Å². The van der Waals surface area contributed by atoms with Crippen molar-refractivity contribution in [3.05, 3.63) is 18.0 Å². The Morgan fingerprint density at radius 3 is 3.08 bits per heavy atom. The number of hydrogen-bond donors (Lipinski definition) is 0. The Morgan fingerprint density at radius 2 is 2.38 bits per heavy atom. The van der Waals surface area contributed by atoms with Crippen LogP contribution in [0, 0.1) is 17.8 Å². The van der Waals surface area contributed by atoms with Crippen molar-refractivity contribution >= 4 is 0 Å². The summed E-state index contributed by atoms with van der Waals surface area (Å²) in [5, 5.41) is 0. The molecule has 1 atom stereocenters. The lowest BCUT2D eigenvalue weighted by Crippen LogP contribution is -2.22. The number of nitrogens with zero attached hydrogens (tertiary/aromatic N) is 2. The number of rotatable bonds is 1. The molecule has 0 radical (unpaired) electrons. The molecule has 0 bridgehead atoms. The van der Waals surface area contributed by atoms with Crippen LogP contribution in [0.25, 0.3) is 0 Å². The second-order valence-corrected chi connectivity index (χ2v) is 4.17. The fourth-order valence-electron chi connectivity index (χ4n) is 1.99. The maximum atomic E-state index is 12.8. The van der Waals surface area contributed by atoms with Gasteiger partial charge in [-0.3, -0.25) is 0 Å². The summed E-state index contributed by atoms with van der Waals surface area (Å²) in [4.78, 5) is 3.88. The number of fused-ring (bicyclic) bond motifs is 1. The third kappa shape index (κ3) is 1.60. The summed E-state index contributed by atoms with van der Waals surface area (Å²) in [6, 6.07) is 0. The Labute approximate surface area is 77.8 Å². The smallest absolute Gasteiger partial charge is 0.230 e. The maximum absolute atomic E-state index is 12.8. The molecule has 0 fully saturated rings. The molecule has 1 aliphatic rings. The standard InChI is InChI=1S/C10H15FN2/c1-7(2)8-3-4-13-6-9(11)12-10(13)5-8/h6-8H,3-5H2,1-2H3. The van der Waals surface area contributed by atoms with E-state index in [0.29, 0.717) is 11.8 Å². The molecule has 1 aromatic rings. The summed E-state index contributed by atoms with van der Waals surface area (Å²) in [5.74, 6) is 1.93. The average molecular weight is 182 g/mol. The van der Waals surface area contributed by atoms with E-state index in [9.17, 15) is 4.39 Å². The van der Waals surface area contributed by atoms with Crippen molar-refractivity contribution in [2.24, 2.45) is 11.8 Å². The van der Waals surface area contributed by atoms with Gasteiger partial charge in [0.25, 0.3) is 0 Å². The second-order valence-electron chi connectivity index (χ2n) is 4.17. The summed E-state index contributed by atoms with van der Waals surface area (Å²) in [6.45, 7) is 5.37. The van der Waals surface area contributed by atoms with Gasteiger partial charge < -0.3 is 4.57 Å². The quantitative estimate of drug-likeness (QED) is 0.651. The van der Waals surface area contributed by atoms with Crippen LogP contribution in [0.15, 0.2) is 6.20 Å². The number of hydrogen-bond acceptors (Lipinski definition) is 1. The molecule has 1 aliphatic heterocycles. The average Bonchev–Trinajstić information content (AvgIpc) is 2.42. The first-order valence-corrected chi connectivity index (χ1v) is 4.88. The van der Waals surface area contributed by atoms with Gasteiger partial charge in [0.2, 0.25) is 5.95 Å². The first kappa shape index (κ1) is 8.73. The van der Waals surface area contributed by atoms with E-state index in [1.54, 1.807) is 0 Å². The van der Waals surface area contributed by atoms with Crippen molar-refractivity contribution < 1.29 is 4.39 Å². The molecule has 1 unspecified atom stereocenters. The summed E-state index contributed by atoms with van der Waals surface area (Å²) >= 11 is 0. The Morgan fingerprint density at radius 1 is 1.62 bits per heavy atom. The SMILES string of the molecule is CC(C)C1CCn2cc(F)nc2C1. The van der Waals surface area contributed by atoms with Gasteiger partial charge in [0, 0.05) is 13.0 Å².